The molecule has 1 aromatic carbocycles. The van der Waals surface area contributed by atoms with Gasteiger partial charge in [-0.05, 0) is 43.9 Å². The average Bonchev–Trinajstić information content (AvgIpc) is 3.28. The topological polar surface area (TPSA) is 49.3 Å². The van der Waals surface area contributed by atoms with E-state index < -0.39 is 0 Å². The van der Waals surface area contributed by atoms with E-state index in [0.717, 1.165) is 89.5 Å². The fourth-order valence-corrected chi connectivity index (χ4v) is 5.14. The van der Waals surface area contributed by atoms with Gasteiger partial charge in [-0.2, -0.15) is 0 Å². The zero-order valence-electron chi connectivity index (χ0n) is 18.5. The molecule has 0 spiro atoms. The number of rotatable bonds is 5. The molecule has 0 aliphatic carbocycles. The highest BCUT2D eigenvalue weighted by atomic mass is 127. The van der Waals surface area contributed by atoms with Crippen molar-refractivity contribution < 1.29 is 9.47 Å². The first kappa shape index (κ1) is 25.0. The van der Waals surface area contributed by atoms with E-state index in [0.29, 0.717) is 6.04 Å². The van der Waals surface area contributed by atoms with Gasteiger partial charge in [0.2, 0.25) is 0 Å². The molecule has 0 aromatic heterocycles. The third kappa shape index (κ3) is 6.25. The Balaban J connectivity index is 0.00000272. The third-order valence-corrected chi connectivity index (χ3v) is 7.01. The van der Waals surface area contributed by atoms with Gasteiger partial charge in [0.25, 0.3) is 0 Å². The molecule has 0 amide bonds. The van der Waals surface area contributed by atoms with E-state index in [1.807, 2.05) is 6.07 Å². The first-order chi connectivity index (χ1) is 14.7. The molecule has 0 radical (unpaired) electrons. The number of halogens is 2. The maximum absolute atomic E-state index is 6.33. The average molecular weight is 563 g/mol. The van der Waals surface area contributed by atoms with Crippen molar-refractivity contribution in [3.63, 3.8) is 0 Å². The van der Waals surface area contributed by atoms with Gasteiger partial charge in [0.05, 0.1) is 19.8 Å². The first-order valence-corrected chi connectivity index (χ1v) is 11.8. The van der Waals surface area contributed by atoms with Crippen molar-refractivity contribution in [2.24, 2.45) is 4.99 Å². The Morgan fingerprint density at radius 3 is 2.61 bits per heavy atom. The summed E-state index contributed by atoms with van der Waals surface area (Å²) in [6.07, 6.45) is 3.15. The Bertz CT molecular complexity index is 723. The van der Waals surface area contributed by atoms with Crippen LogP contribution in [0.15, 0.2) is 29.3 Å². The Hall–Kier alpha value is -0.610. The van der Waals surface area contributed by atoms with E-state index in [1.54, 1.807) is 0 Å². The molecule has 0 saturated carbocycles. The van der Waals surface area contributed by atoms with Gasteiger partial charge >= 0.3 is 0 Å². The quantitative estimate of drug-likeness (QED) is 0.339. The molecule has 1 atom stereocenters. The van der Waals surface area contributed by atoms with Gasteiger partial charge in [-0.25, -0.2) is 0 Å². The highest BCUT2D eigenvalue weighted by molar-refractivity contribution is 14.0. The summed E-state index contributed by atoms with van der Waals surface area (Å²) < 4.78 is 11.2. The number of hydrogen-bond donors (Lipinski definition) is 1. The second kappa shape index (κ2) is 12.0. The molecule has 1 N–H and O–H groups in total. The van der Waals surface area contributed by atoms with E-state index in [1.165, 1.54) is 12.0 Å². The number of guanidine groups is 1. The number of ether oxygens (including phenoxy) is 2. The number of benzene rings is 1. The van der Waals surface area contributed by atoms with Crippen LogP contribution in [0.2, 0.25) is 5.02 Å². The summed E-state index contributed by atoms with van der Waals surface area (Å²) in [5.74, 6) is 1.04. The summed E-state index contributed by atoms with van der Waals surface area (Å²) in [6.45, 7) is 11.2. The summed E-state index contributed by atoms with van der Waals surface area (Å²) in [5.41, 5.74) is 1.28. The lowest BCUT2D eigenvalue weighted by Crippen LogP contribution is -2.47. The molecule has 8 heteroatoms. The van der Waals surface area contributed by atoms with Crippen LogP contribution in [0.3, 0.4) is 0 Å². The van der Waals surface area contributed by atoms with Gasteiger partial charge in [0.1, 0.15) is 0 Å². The van der Waals surface area contributed by atoms with Crippen LogP contribution >= 0.6 is 35.6 Å². The van der Waals surface area contributed by atoms with Crippen LogP contribution in [-0.4, -0.2) is 87.5 Å². The molecule has 3 saturated heterocycles. The highest BCUT2D eigenvalue weighted by Gasteiger charge is 2.36. The molecule has 4 rings (SSSR count). The first-order valence-electron chi connectivity index (χ1n) is 11.4. The van der Waals surface area contributed by atoms with Crippen molar-refractivity contribution in [3.8, 4) is 0 Å². The molecule has 3 aliphatic heterocycles. The molecular formula is C23H36ClIN4O2. The number of hydrogen-bond acceptors (Lipinski definition) is 4. The van der Waals surface area contributed by atoms with Gasteiger partial charge in [-0.3, -0.25) is 9.89 Å². The number of nitrogens with zero attached hydrogens (tertiary/aromatic N) is 3. The lowest BCUT2D eigenvalue weighted by molar-refractivity contribution is 0.0194. The molecular weight excluding hydrogens is 527 g/mol. The van der Waals surface area contributed by atoms with E-state index >= 15 is 0 Å². The Morgan fingerprint density at radius 1 is 1.16 bits per heavy atom. The fourth-order valence-electron chi connectivity index (χ4n) is 4.95. The number of nitrogens with one attached hydrogen (secondary N) is 1. The van der Waals surface area contributed by atoms with E-state index in [-0.39, 0.29) is 29.4 Å². The van der Waals surface area contributed by atoms with Crippen LogP contribution in [0, 0.1) is 0 Å². The normalized spacial score (nSPS) is 24.6. The second-order valence-corrected chi connectivity index (χ2v) is 9.05. The van der Waals surface area contributed by atoms with Crippen LogP contribution in [0.5, 0.6) is 0 Å². The lowest BCUT2D eigenvalue weighted by atomic mass is 9.74. The van der Waals surface area contributed by atoms with Crippen LogP contribution < -0.4 is 5.32 Å². The summed E-state index contributed by atoms with van der Waals surface area (Å²) in [4.78, 5) is 10.2. The zero-order chi connectivity index (χ0) is 20.8. The Kier molecular flexibility index (Phi) is 9.70. The van der Waals surface area contributed by atoms with Crippen molar-refractivity contribution in [3.05, 3.63) is 34.9 Å². The van der Waals surface area contributed by atoms with Crippen molar-refractivity contribution in [2.75, 3.05) is 65.7 Å². The molecule has 3 aliphatic rings. The van der Waals surface area contributed by atoms with Crippen molar-refractivity contribution >= 4 is 41.5 Å². The van der Waals surface area contributed by atoms with Crippen LogP contribution in [-0.2, 0) is 14.9 Å². The summed E-state index contributed by atoms with van der Waals surface area (Å²) >= 11 is 6.33. The molecule has 3 heterocycles. The van der Waals surface area contributed by atoms with Crippen LogP contribution in [0.25, 0.3) is 0 Å². The van der Waals surface area contributed by atoms with Crippen LogP contribution in [0.4, 0.5) is 0 Å². The maximum Gasteiger partial charge on any atom is 0.193 e. The molecule has 1 aromatic rings. The molecule has 174 valence electrons. The minimum Gasteiger partial charge on any atom is -0.381 e. The fraction of sp³-hybridized carbons (Fsp3) is 0.696. The molecule has 6 nitrogen and oxygen atoms in total. The summed E-state index contributed by atoms with van der Waals surface area (Å²) in [5, 5.41) is 4.34. The van der Waals surface area contributed by atoms with Crippen LogP contribution in [0.1, 0.15) is 31.7 Å². The van der Waals surface area contributed by atoms with E-state index in [2.05, 4.69) is 40.2 Å². The standard InChI is InChI=1S/C23H35ClN4O2.HI/c1-2-25-22(28-9-6-21(17-28)27-10-14-30-15-11-27)26-18-23(7-12-29-13-8-23)19-4-3-5-20(24)16-19;/h3-5,16,21H,2,6-15,17-18H2,1H3,(H,25,26);1H. The second-order valence-electron chi connectivity index (χ2n) is 8.61. The molecule has 3 fully saturated rings. The van der Waals surface area contributed by atoms with Crippen molar-refractivity contribution in [2.45, 2.75) is 37.6 Å². The number of aliphatic imine (C=N–C) groups is 1. The van der Waals surface area contributed by atoms with E-state index in [9.17, 15) is 0 Å². The number of likely N-dealkylation sites (tertiary alicyclic amines) is 1. The monoisotopic (exact) mass is 562 g/mol. The smallest absolute Gasteiger partial charge is 0.193 e. The predicted molar refractivity (Wildman–Crippen MR) is 137 cm³/mol. The minimum atomic E-state index is -0.00679. The van der Waals surface area contributed by atoms with Gasteiger partial charge in [-0.1, -0.05) is 23.7 Å². The highest BCUT2D eigenvalue weighted by Crippen LogP contribution is 2.36. The van der Waals surface area contributed by atoms with E-state index in [4.69, 9.17) is 26.1 Å². The summed E-state index contributed by atoms with van der Waals surface area (Å²) in [7, 11) is 0. The molecule has 31 heavy (non-hydrogen) atoms. The largest absolute Gasteiger partial charge is 0.381 e. The molecule has 0 bridgehead atoms. The zero-order valence-corrected chi connectivity index (χ0v) is 21.6. The predicted octanol–water partition coefficient (Wildman–Crippen LogP) is 3.38. The van der Waals surface area contributed by atoms with Crippen molar-refractivity contribution in [1.29, 1.82) is 0 Å². The Labute approximate surface area is 208 Å². The maximum atomic E-state index is 6.33. The van der Waals surface area contributed by atoms with Crippen molar-refractivity contribution in [1.82, 2.24) is 15.1 Å². The lowest BCUT2D eigenvalue weighted by Gasteiger charge is -2.37. The summed E-state index contributed by atoms with van der Waals surface area (Å²) in [6, 6.07) is 8.91. The molecule has 1 unspecified atom stereocenters. The van der Waals surface area contributed by atoms with Gasteiger partial charge < -0.3 is 19.7 Å². The third-order valence-electron chi connectivity index (χ3n) is 6.78. The SMILES string of the molecule is CCNC(=NCC1(c2cccc(Cl)c2)CCOCC1)N1CCC(N2CCOCC2)C1.I. The van der Waals surface area contributed by atoms with Gasteiger partial charge in [-0.15, -0.1) is 24.0 Å². The minimum absolute atomic E-state index is 0. The Morgan fingerprint density at radius 2 is 1.90 bits per heavy atom. The van der Waals surface area contributed by atoms with Gasteiger partial charge in [0.15, 0.2) is 5.96 Å². The number of morpholine rings is 1. The van der Waals surface area contributed by atoms with Gasteiger partial charge in [0, 0.05) is 62.4 Å².